The van der Waals surface area contributed by atoms with Gasteiger partial charge < -0.3 is 15.4 Å². The minimum absolute atomic E-state index is 0.0711. The molecule has 0 aliphatic carbocycles. The molecule has 3 aromatic rings. The summed E-state index contributed by atoms with van der Waals surface area (Å²) in [4.78, 5) is 11.1. The van der Waals surface area contributed by atoms with Crippen LogP contribution in [0.5, 0.6) is 5.75 Å². The predicted octanol–water partition coefficient (Wildman–Crippen LogP) is 5.14. The molecule has 0 aliphatic heterocycles. The number of carbonyl (C=O) groups is 1. The zero-order valence-corrected chi connectivity index (χ0v) is 15.7. The van der Waals surface area contributed by atoms with Crippen LogP contribution in [-0.4, -0.2) is 5.91 Å². The van der Waals surface area contributed by atoms with E-state index < -0.39 is 0 Å². The number of anilines is 2. The second kappa shape index (κ2) is 8.90. The van der Waals surface area contributed by atoms with E-state index in [0.29, 0.717) is 13.2 Å². The summed E-state index contributed by atoms with van der Waals surface area (Å²) in [5, 5.41) is 6.14. The second-order valence-corrected chi connectivity index (χ2v) is 6.47. The summed E-state index contributed by atoms with van der Waals surface area (Å²) in [6.07, 6.45) is 0. The summed E-state index contributed by atoms with van der Waals surface area (Å²) < 4.78 is 5.95. The van der Waals surface area contributed by atoms with Gasteiger partial charge in [0.2, 0.25) is 5.91 Å². The van der Waals surface area contributed by atoms with Crippen LogP contribution in [0.3, 0.4) is 0 Å². The highest BCUT2D eigenvalue weighted by Gasteiger charge is 2.01. The molecule has 2 N–H and O–H groups in total. The molecule has 0 bridgehead atoms. The molecule has 4 nitrogen and oxygen atoms in total. The first kappa shape index (κ1) is 18.5. The van der Waals surface area contributed by atoms with Crippen molar-refractivity contribution >= 4 is 17.3 Å². The van der Waals surface area contributed by atoms with E-state index in [9.17, 15) is 4.79 Å². The summed E-state index contributed by atoms with van der Waals surface area (Å²) in [6.45, 7) is 4.85. The molecule has 0 radical (unpaired) electrons. The normalized spacial score (nSPS) is 10.3. The summed E-state index contributed by atoms with van der Waals surface area (Å²) in [5.41, 5.74) is 5.36. The zero-order valence-electron chi connectivity index (χ0n) is 15.7. The maximum absolute atomic E-state index is 11.1. The fourth-order valence-corrected chi connectivity index (χ4v) is 2.76. The van der Waals surface area contributed by atoms with Crippen LogP contribution in [0, 0.1) is 6.92 Å². The Hall–Kier alpha value is -3.27. The van der Waals surface area contributed by atoms with E-state index in [1.807, 2.05) is 48.5 Å². The molecule has 0 fully saturated rings. The van der Waals surface area contributed by atoms with Gasteiger partial charge in [0, 0.05) is 24.8 Å². The van der Waals surface area contributed by atoms with E-state index in [1.165, 1.54) is 18.1 Å². The number of rotatable bonds is 7. The Balaban J connectivity index is 1.56. The van der Waals surface area contributed by atoms with Crippen molar-refractivity contribution in [2.45, 2.75) is 27.0 Å². The number of hydrogen-bond donors (Lipinski definition) is 2. The van der Waals surface area contributed by atoms with Gasteiger partial charge in [-0.05, 0) is 60.0 Å². The number of hydrogen-bond acceptors (Lipinski definition) is 3. The highest BCUT2D eigenvalue weighted by Crippen LogP contribution is 2.19. The monoisotopic (exact) mass is 360 g/mol. The number of benzene rings is 3. The molecular weight excluding hydrogens is 336 g/mol. The summed E-state index contributed by atoms with van der Waals surface area (Å²) in [6, 6.07) is 24.0. The molecule has 0 spiro atoms. The molecule has 0 atom stereocenters. The van der Waals surface area contributed by atoms with E-state index in [4.69, 9.17) is 4.74 Å². The Labute approximate surface area is 160 Å². The van der Waals surface area contributed by atoms with Crippen molar-refractivity contribution in [1.29, 1.82) is 0 Å². The Bertz CT molecular complexity index is 904. The molecule has 0 unspecified atom stereocenters. The van der Waals surface area contributed by atoms with Gasteiger partial charge in [-0.3, -0.25) is 4.79 Å². The van der Waals surface area contributed by atoms with Gasteiger partial charge in [0.15, 0.2) is 0 Å². The van der Waals surface area contributed by atoms with E-state index in [2.05, 4.69) is 41.8 Å². The lowest BCUT2D eigenvalue weighted by Crippen LogP contribution is -2.05. The maximum atomic E-state index is 11.1. The largest absolute Gasteiger partial charge is 0.489 e. The number of nitrogens with one attached hydrogen (secondary N) is 2. The van der Waals surface area contributed by atoms with Crippen molar-refractivity contribution in [3.63, 3.8) is 0 Å². The highest BCUT2D eigenvalue weighted by molar-refractivity contribution is 5.88. The molecule has 1 amide bonds. The molecule has 0 heterocycles. The molecule has 0 aromatic heterocycles. The Morgan fingerprint density at radius 3 is 2.41 bits per heavy atom. The Morgan fingerprint density at radius 2 is 1.67 bits per heavy atom. The van der Waals surface area contributed by atoms with Crippen molar-refractivity contribution in [3.05, 3.63) is 89.5 Å². The number of aryl methyl sites for hydroxylation is 1. The Kier molecular flexibility index (Phi) is 6.10. The minimum Gasteiger partial charge on any atom is -0.489 e. The van der Waals surface area contributed by atoms with Crippen molar-refractivity contribution in [1.82, 2.24) is 0 Å². The molecule has 27 heavy (non-hydrogen) atoms. The van der Waals surface area contributed by atoms with Crippen LogP contribution < -0.4 is 15.4 Å². The van der Waals surface area contributed by atoms with Gasteiger partial charge in [-0.1, -0.05) is 36.4 Å². The van der Waals surface area contributed by atoms with Crippen molar-refractivity contribution < 1.29 is 9.53 Å². The molecule has 3 aromatic carbocycles. The van der Waals surface area contributed by atoms with Crippen LogP contribution in [-0.2, 0) is 17.9 Å². The fraction of sp³-hybridized carbons (Fsp3) is 0.174. The van der Waals surface area contributed by atoms with E-state index >= 15 is 0 Å². The average Bonchev–Trinajstić information content (AvgIpc) is 2.67. The highest BCUT2D eigenvalue weighted by atomic mass is 16.5. The van der Waals surface area contributed by atoms with Crippen LogP contribution in [0.4, 0.5) is 11.4 Å². The molecular formula is C23H24N2O2. The molecule has 0 saturated heterocycles. The SMILES string of the molecule is CC(=O)Nc1ccc(NCc2cccc(OCc3ccccc3C)c2)cc1. The van der Waals surface area contributed by atoms with Crippen LogP contribution in [0.25, 0.3) is 0 Å². The zero-order chi connectivity index (χ0) is 19.1. The smallest absolute Gasteiger partial charge is 0.221 e. The first-order valence-corrected chi connectivity index (χ1v) is 8.98. The number of carbonyl (C=O) groups excluding carboxylic acids is 1. The lowest BCUT2D eigenvalue weighted by molar-refractivity contribution is -0.114. The van der Waals surface area contributed by atoms with Gasteiger partial charge >= 0.3 is 0 Å². The lowest BCUT2D eigenvalue weighted by atomic mass is 10.1. The first-order chi connectivity index (χ1) is 13.1. The fourth-order valence-electron chi connectivity index (χ4n) is 2.76. The van der Waals surface area contributed by atoms with Crippen molar-refractivity contribution in [2.75, 3.05) is 10.6 Å². The predicted molar refractivity (Wildman–Crippen MR) is 110 cm³/mol. The van der Waals surface area contributed by atoms with Gasteiger partial charge in [0.05, 0.1) is 0 Å². The third-order valence-corrected chi connectivity index (χ3v) is 4.26. The molecule has 3 rings (SSSR count). The quantitative estimate of drug-likeness (QED) is 0.613. The minimum atomic E-state index is -0.0711. The van der Waals surface area contributed by atoms with Gasteiger partial charge in [-0.15, -0.1) is 0 Å². The average molecular weight is 360 g/mol. The maximum Gasteiger partial charge on any atom is 0.221 e. The van der Waals surface area contributed by atoms with E-state index in [-0.39, 0.29) is 5.91 Å². The van der Waals surface area contributed by atoms with E-state index in [1.54, 1.807) is 0 Å². The topological polar surface area (TPSA) is 50.4 Å². The molecule has 4 heteroatoms. The van der Waals surface area contributed by atoms with Crippen molar-refractivity contribution in [2.24, 2.45) is 0 Å². The van der Waals surface area contributed by atoms with E-state index in [0.717, 1.165) is 22.7 Å². The summed E-state index contributed by atoms with van der Waals surface area (Å²) in [5.74, 6) is 0.789. The Morgan fingerprint density at radius 1 is 0.926 bits per heavy atom. The number of ether oxygens (including phenoxy) is 1. The van der Waals surface area contributed by atoms with Crippen molar-refractivity contribution in [3.8, 4) is 5.75 Å². The second-order valence-electron chi connectivity index (χ2n) is 6.47. The van der Waals surface area contributed by atoms with Gasteiger partial charge in [-0.25, -0.2) is 0 Å². The molecule has 0 saturated carbocycles. The number of amides is 1. The van der Waals surface area contributed by atoms with Crippen LogP contribution in [0.2, 0.25) is 0 Å². The van der Waals surface area contributed by atoms with Gasteiger partial charge in [0.1, 0.15) is 12.4 Å². The molecule has 138 valence electrons. The van der Waals surface area contributed by atoms with Crippen LogP contribution in [0.1, 0.15) is 23.6 Å². The lowest BCUT2D eigenvalue weighted by Gasteiger charge is -2.11. The van der Waals surface area contributed by atoms with Gasteiger partial charge in [0.25, 0.3) is 0 Å². The summed E-state index contributed by atoms with van der Waals surface area (Å²) in [7, 11) is 0. The van der Waals surface area contributed by atoms with Crippen LogP contribution in [0.15, 0.2) is 72.8 Å². The first-order valence-electron chi connectivity index (χ1n) is 8.98. The third-order valence-electron chi connectivity index (χ3n) is 4.26. The standard InChI is InChI=1S/C23H24N2O2/c1-17-6-3-4-8-20(17)16-27-23-9-5-7-19(14-23)15-24-21-10-12-22(13-11-21)25-18(2)26/h3-14,24H,15-16H2,1-2H3,(H,25,26). The van der Waals surface area contributed by atoms with Gasteiger partial charge in [-0.2, -0.15) is 0 Å². The van der Waals surface area contributed by atoms with Crippen LogP contribution >= 0.6 is 0 Å². The summed E-state index contributed by atoms with van der Waals surface area (Å²) >= 11 is 0. The molecule has 0 aliphatic rings. The third kappa shape index (κ3) is 5.61.